The van der Waals surface area contributed by atoms with Gasteiger partial charge in [-0.15, -0.1) is 0 Å². The number of allylic oxidation sites excluding steroid dienone is 1. The van der Waals surface area contributed by atoms with Gasteiger partial charge in [0.25, 0.3) is 0 Å². The van der Waals surface area contributed by atoms with Crippen LogP contribution in [0.25, 0.3) is 6.08 Å². The Balaban J connectivity index is 1.57. The standard InChI is InChI=1S/C33H50O/c1-3-5-7-9-11-13-15-17-29-34-33-27-25-32(26-28-33)24-23-31-21-19-30(20-22-31)18-16-14-12-10-8-6-4-2/h16,18-22,25-28H,3-15,17,23-24,29H2,1-2H3/b18-16+. The molecule has 2 rings (SSSR count). The van der Waals surface area contributed by atoms with Crippen molar-refractivity contribution in [3.05, 3.63) is 71.3 Å². The molecule has 2 aromatic rings. The van der Waals surface area contributed by atoms with Crippen LogP contribution in [-0.2, 0) is 12.8 Å². The van der Waals surface area contributed by atoms with Gasteiger partial charge in [0.1, 0.15) is 5.75 Å². The van der Waals surface area contributed by atoms with Crippen molar-refractivity contribution in [2.75, 3.05) is 6.61 Å². The molecule has 0 saturated heterocycles. The Morgan fingerprint density at radius 2 is 1.06 bits per heavy atom. The van der Waals surface area contributed by atoms with Crippen LogP contribution >= 0.6 is 0 Å². The van der Waals surface area contributed by atoms with Crippen LogP contribution in [0.5, 0.6) is 5.75 Å². The Hall–Kier alpha value is -2.02. The SMILES string of the molecule is CCCCCCC/C=C/c1ccc(CCc2ccc(OCCCCCCCCCC)cc2)cc1. The molecule has 1 nitrogen and oxygen atoms in total. The van der Waals surface area contributed by atoms with E-state index in [1.165, 1.54) is 107 Å². The van der Waals surface area contributed by atoms with Crippen LogP contribution in [0.2, 0.25) is 0 Å². The lowest BCUT2D eigenvalue weighted by molar-refractivity contribution is 0.304. The van der Waals surface area contributed by atoms with Crippen molar-refractivity contribution in [1.29, 1.82) is 0 Å². The molecule has 0 aliphatic carbocycles. The average molecular weight is 463 g/mol. The van der Waals surface area contributed by atoms with E-state index in [-0.39, 0.29) is 0 Å². The van der Waals surface area contributed by atoms with Gasteiger partial charge in [-0.1, -0.05) is 133 Å². The summed E-state index contributed by atoms with van der Waals surface area (Å²) in [5.41, 5.74) is 4.11. The second-order valence-corrected chi connectivity index (χ2v) is 9.81. The minimum Gasteiger partial charge on any atom is -0.494 e. The fraction of sp³-hybridized carbons (Fsp3) is 0.576. The third kappa shape index (κ3) is 13.6. The molecule has 0 unspecified atom stereocenters. The zero-order valence-corrected chi connectivity index (χ0v) is 22.2. The van der Waals surface area contributed by atoms with E-state index in [0.29, 0.717) is 0 Å². The molecule has 2 aromatic carbocycles. The maximum atomic E-state index is 5.94. The van der Waals surface area contributed by atoms with Gasteiger partial charge in [0, 0.05) is 0 Å². The molecule has 0 saturated carbocycles. The molecule has 0 aliphatic rings. The summed E-state index contributed by atoms with van der Waals surface area (Å²) in [7, 11) is 0. The monoisotopic (exact) mass is 462 g/mol. The van der Waals surface area contributed by atoms with E-state index < -0.39 is 0 Å². The van der Waals surface area contributed by atoms with E-state index >= 15 is 0 Å². The predicted octanol–water partition coefficient (Wildman–Crippen LogP) is 10.4. The van der Waals surface area contributed by atoms with Crippen LogP contribution in [-0.4, -0.2) is 6.61 Å². The molecule has 1 heteroatoms. The Kier molecular flexibility index (Phi) is 16.0. The highest BCUT2D eigenvalue weighted by Gasteiger charge is 1.99. The van der Waals surface area contributed by atoms with Crippen molar-refractivity contribution in [1.82, 2.24) is 0 Å². The molecular weight excluding hydrogens is 412 g/mol. The van der Waals surface area contributed by atoms with Crippen LogP contribution < -0.4 is 4.74 Å². The van der Waals surface area contributed by atoms with Crippen molar-refractivity contribution in [3.8, 4) is 5.75 Å². The number of benzene rings is 2. The minimum absolute atomic E-state index is 0.841. The van der Waals surface area contributed by atoms with Crippen molar-refractivity contribution in [3.63, 3.8) is 0 Å². The Bertz CT molecular complexity index is 741. The Morgan fingerprint density at radius 1 is 0.559 bits per heavy atom. The number of hydrogen-bond donors (Lipinski definition) is 0. The maximum Gasteiger partial charge on any atom is 0.119 e. The van der Waals surface area contributed by atoms with Gasteiger partial charge < -0.3 is 4.74 Å². The third-order valence-electron chi connectivity index (χ3n) is 6.66. The highest BCUT2D eigenvalue weighted by Crippen LogP contribution is 2.16. The Labute approximate surface area is 211 Å². The van der Waals surface area contributed by atoms with Crippen LogP contribution in [0, 0.1) is 0 Å². The number of ether oxygens (including phenoxy) is 1. The number of aryl methyl sites for hydroxylation is 2. The van der Waals surface area contributed by atoms with Crippen LogP contribution in [0.4, 0.5) is 0 Å². The molecule has 0 N–H and O–H groups in total. The first-order chi connectivity index (χ1) is 16.8. The molecule has 0 heterocycles. The summed E-state index contributed by atoms with van der Waals surface area (Å²) < 4.78 is 5.94. The molecule has 0 spiro atoms. The molecule has 0 amide bonds. The molecule has 0 radical (unpaired) electrons. The number of unbranched alkanes of at least 4 members (excludes halogenated alkanes) is 12. The molecule has 0 aliphatic heterocycles. The Morgan fingerprint density at radius 3 is 1.65 bits per heavy atom. The largest absolute Gasteiger partial charge is 0.494 e. The smallest absolute Gasteiger partial charge is 0.119 e. The lowest BCUT2D eigenvalue weighted by Gasteiger charge is -2.08. The molecule has 34 heavy (non-hydrogen) atoms. The van der Waals surface area contributed by atoms with E-state index in [1.54, 1.807) is 0 Å². The molecular formula is C33H50O. The van der Waals surface area contributed by atoms with Gasteiger partial charge in [-0.3, -0.25) is 0 Å². The summed E-state index contributed by atoms with van der Waals surface area (Å²) >= 11 is 0. The molecule has 0 fully saturated rings. The topological polar surface area (TPSA) is 9.23 Å². The summed E-state index contributed by atoms with van der Waals surface area (Å²) in [6.45, 7) is 5.39. The molecule has 0 bridgehead atoms. The highest BCUT2D eigenvalue weighted by atomic mass is 16.5. The zero-order chi connectivity index (χ0) is 24.1. The van der Waals surface area contributed by atoms with Crippen molar-refractivity contribution in [2.45, 2.75) is 117 Å². The number of hydrogen-bond acceptors (Lipinski definition) is 1. The molecule has 188 valence electrons. The second-order valence-electron chi connectivity index (χ2n) is 9.81. The maximum absolute atomic E-state index is 5.94. The first-order valence-electron chi connectivity index (χ1n) is 14.3. The lowest BCUT2D eigenvalue weighted by Crippen LogP contribution is -1.98. The van der Waals surface area contributed by atoms with Gasteiger partial charge in [-0.05, 0) is 60.9 Å². The lowest BCUT2D eigenvalue weighted by atomic mass is 10.0. The first-order valence-corrected chi connectivity index (χ1v) is 14.3. The first kappa shape index (κ1) is 28.2. The van der Waals surface area contributed by atoms with Gasteiger partial charge in [0.15, 0.2) is 0 Å². The van der Waals surface area contributed by atoms with Crippen LogP contribution in [0.15, 0.2) is 54.6 Å². The van der Waals surface area contributed by atoms with Gasteiger partial charge >= 0.3 is 0 Å². The zero-order valence-electron chi connectivity index (χ0n) is 22.2. The minimum atomic E-state index is 0.841. The van der Waals surface area contributed by atoms with E-state index in [1.807, 2.05) is 0 Å². The van der Waals surface area contributed by atoms with E-state index in [0.717, 1.165) is 25.2 Å². The third-order valence-corrected chi connectivity index (χ3v) is 6.66. The summed E-state index contributed by atoms with van der Waals surface area (Å²) in [4.78, 5) is 0. The van der Waals surface area contributed by atoms with Crippen LogP contribution in [0.1, 0.15) is 120 Å². The van der Waals surface area contributed by atoms with Crippen LogP contribution in [0.3, 0.4) is 0 Å². The second kappa shape index (κ2) is 19.3. The van der Waals surface area contributed by atoms with Crippen molar-refractivity contribution < 1.29 is 4.74 Å². The number of rotatable bonds is 20. The van der Waals surface area contributed by atoms with Crippen molar-refractivity contribution >= 4 is 6.08 Å². The fourth-order valence-electron chi connectivity index (χ4n) is 4.35. The quantitative estimate of drug-likeness (QED) is 0.178. The van der Waals surface area contributed by atoms with E-state index in [9.17, 15) is 0 Å². The van der Waals surface area contributed by atoms with Crippen molar-refractivity contribution in [2.24, 2.45) is 0 Å². The van der Waals surface area contributed by atoms with Gasteiger partial charge in [-0.2, -0.15) is 0 Å². The summed E-state index contributed by atoms with van der Waals surface area (Å²) in [5.74, 6) is 1.01. The normalized spacial score (nSPS) is 11.4. The predicted molar refractivity (Wildman–Crippen MR) is 151 cm³/mol. The van der Waals surface area contributed by atoms with Gasteiger partial charge in [0.05, 0.1) is 6.61 Å². The van der Waals surface area contributed by atoms with Gasteiger partial charge in [-0.25, -0.2) is 0 Å². The highest BCUT2D eigenvalue weighted by molar-refractivity contribution is 5.49. The molecule has 0 aromatic heterocycles. The summed E-state index contributed by atoms with van der Waals surface area (Å²) in [6, 6.07) is 17.8. The summed E-state index contributed by atoms with van der Waals surface area (Å²) in [6.07, 6.45) is 25.4. The summed E-state index contributed by atoms with van der Waals surface area (Å²) in [5, 5.41) is 0. The fourth-order valence-corrected chi connectivity index (χ4v) is 4.35. The van der Waals surface area contributed by atoms with Gasteiger partial charge in [0.2, 0.25) is 0 Å². The molecule has 0 atom stereocenters. The average Bonchev–Trinajstić information content (AvgIpc) is 2.87. The van der Waals surface area contributed by atoms with E-state index in [4.69, 9.17) is 4.74 Å². The van der Waals surface area contributed by atoms with E-state index in [2.05, 4.69) is 74.5 Å².